The van der Waals surface area contributed by atoms with Crippen molar-refractivity contribution in [2.45, 2.75) is 38.8 Å². The molecule has 1 saturated heterocycles. The molecule has 1 amide bonds. The van der Waals surface area contributed by atoms with Crippen molar-refractivity contribution in [2.24, 2.45) is 0 Å². The van der Waals surface area contributed by atoms with E-state index < -0.39 is 9.84 Å². The summed E-state index contributed by atoms with van der Waals surface area (Å²) in [6.07, 6.45) is 2.79. The van der Waals surface area contributed by atoms with Crippen LogP contribution in [-0.4, -0.2) is 38.9 Å². The number of sulfone groups is 1. The first kappa shape index (κ1) is 17.0. The van der Waals surface area contributed by atoms with Gasteiger partial charge in [0.1, 0.15) is 9.84 Å². The average Bonchev–Trinajstić information content (AvgIpc) is 2.83. The van der Waals surface area contributed by atoms with E-state index in [0.717, 1.165) is 24.2 Å². The highest BCUT2D eigenvalue weighted by Crippen LogP contribution is 2.23. The van der Waals surface area contributed by atoms with Gasteiger partial charge >= 0.3 is 0 Å². The van der Waals surface area contributed by atoms with Gasteiger partial charge in [0.05, 0.1) is 5.75 Å². The SMILES string of the molecule is C[C@H](N[C@@H](C)CS(C)(=O)=O)c1ccc(N2CCCC2=O)cc1. The van der Waals surface area contributed by atoms with E-state index in [-0.39, 0.29) is 23.7 Å². The Bertz CT molecular complexity index is 625. The number of hydrogen-bond donors (Lipinski definition) is 1. The van der Waals surface area contributed by atoms with E-state index in [1.807, 2.05) is 43.0 Å². The number of anilines is 1. The molecule has 0 saturated carbocycles. The lowest BCUT2D eigenvalue weighted by molar-refractivity contribution is -0.117. The van der Waals surface area contributed by atoms with E-state index in [0.29, 0.717) is 6.42 Å². The zero-order valence-corrected chi connectivity index (χ0v) is 14.2. The quantitative estimate of drug-likeness (QED) is 0.868. The third-order valence-electron chi connectivity index (χ3n) is 3.87. The monoisotopic (exact) mass is 324 g/mol. The predicted molar refractivity (Wildman–Crippen MR) is 88.8 cm³/mol. The highest BCUT2D eigenvalue weighted by molar-refractivity contribution is 7.90. The highest BCUT2D eigenvalue weighted by Gasteiger charge is 2.21. The lowest BCUT2D eigenvalue weighted by Crippen LogP contribution is -2.34. The van der Waals surface area contributed by atoms with Gasteiger partial charge in [0.15, 0.2) is 0 Å². The summed E-state index contributed by atoms with van der Waals surface area (Å²) in [6.45, 7) is 4.67. The first-order valence-corrected chi connectivity index (χ1v) is 9.66. The normalized spacial score (nSPS) is 18.5. The number of nitrogens with one attached hydrogen (secondary N) is 1. The molecular formula is C16H24N2O3S. The van der Waals surface area contributed by atoms with Crippen LogP contribution in [0.15, 0.2) is 24.3 Å². The summed E-state index contributed by atoms with van der Waals surface area (Å²) >= 11 is 0. The zero-order chi connectivity index (χ0) is 16.3. The summed E-state index contributed by atoms with van der Waals surface area (Å²) in [4.78, 5) is 13.5. The van der Waals surface area contributed by atoms with Crippen LogP contribution in [0.25, 0.3) is 0 Å². The second-order valence-electron chi connectivity index (χ2n) is 6.12. The number of carbonyl (C=O) groups is 1. The number of carbonyl (C=O) groups excluding carboxylic acids is 1. The maximum absolute atomic E-state index is 11.7. The van der Waals surface area contributed by atoms with Crippen molar-refractivity contribution in [3.8, 4) is 0 Å². The zero-order valence-electron chi connectivity index (χ0n) is 13.4. The lowest BCUT2D eigenvalue weighted by Gasteiger charge is -2.21. The van der Waals surface area contributed by atoms with E-state index in [1.54, 1.807) is 0 Å². The Morgan fingerprint density at radius 3 is 2.36 bits per heavy atom. The van der Waals surface area contributed by atoms with Crippen molar-refractivity contribution in [3.05, 3.63) is 29.8 Å². The predicted octanol–water partition coefficient (Wildman–Crippen LogP) is 1.90. The minimum Gasteiger partial charge on any atom is -0.312 e. The minimum atomic E-state index is -2.98. The summed E-state index contributed by atoms with van der Waals surface area (Å²) in [5, 5.41) is 3.29. The average molecular weight is 324 g/mol. The van der Waals surface area contributed by atoms with Crippen LogP contribution in [0.2, 0.25) is 0 Å². The molecule has 0 bridgehead atoms. The Hall–Kier alpha value is -1.40. The van der Waals surface area contributed by atoms with Crippen LogP contribution in [-0.2, 0) is 14.6 Å². The first-order chi connectivity index (χ1) is 10.3. The molecule has 0 radical (unpaired) electrons. The van der Waals surface area contributed by atoms with Gasteiger partial charge in [-0.05, 0) is 38.0 Å². The molecule has 0 spiro atoms. The number of nitrogens with zero attached hydrogens (tertiary/aromatic N) is 1. The minimum absolute atomic E-state index is 0.0556. The molecule has 1 aromatic carbocycles. The third kappa shape index (κ3) is 4.55. The Morgan fingerprint density at radius 1 is 1.23 bits per heavy atom. The maximum atomic E-state index is 11.7. The standard InChI is InChI=1S/C16H24N2O3S/c1-12(11-22(3,20)21)17-13(2)14-6-8-15(9-7-14)18-10-4-5-16(18)19/h6-9,12-13,17H,4-5,10-11H2,1-3H3/t12-,13-/m0/s1. The fourth-order valence-electron chi connectivity index (χ4n) is 2.89. The van der Waals surface area contributed by atoms with Gasteiger partial charge in [-0.25, -0.2) is 8.42 Å². The molecule has 0 unspecified atom stereocenters. The number of benzene rings is 1. The van der Waals surface area contributed by atoms with Crippen molar-refractivity contribution in [1.82, 2.24) is 5.32 Å². The topological polar surface area (TPSA) is 66.5 Å². The Labute approximate surface area is 132 Å². The van der Waals surface area contributed by atoms with Gasteiger partial charge in [-0.1, -0.05) is 12.1 Å². The lowest BCUT2D eigenvalue weighted by atomic mass is 10.1. The maximum Gasteiger partial charge on any atom is 0.227 e. The summed E-state index contributed by atoms with van der Waals surface area (Å²) in [6, 6.07) is 7.85. The number of rotatable bonds is 6. The molecule has 5 nitrogen and oxygen atoms in total. The molecule has 1 heterocycles. The van der Waals surface area contributed by atoms with Crippen LogP contribution in [0.1, 0.15) is 38.3 Å². The molecular weight excluding hydrogens is 300 g/mol. The Kier molecular flexibility index (Phi) is 5.24. The number of amides is 1. The molecule has 122 valence electrons. The van der Waals surface area contributed by atoms with Gasteiger partial charge in [-0.3, -0.25) is 4.79 Å². The molecule has 6 heteroatoms. The van der Waals surface area contributed by atoms with Gasteiger partial charge in [-0.15, -0.1) is 0 Å². The van der Waals surface area contributed by atoms with E-state index >= 15 is 0 Å². The largest absolute Gasteiger partial charge is 0.312 e. The first-order valence-electron chi connectivity index (χ1n) is 7.60. The van der Waals surface area contributed by atoms with Gasteiger partial charge in [0.2, 0.25) is 5.91 Å². The van der Waals surface area contributed by atoms with Crippen molar-refractivity contribution >= 4 is 21.4 Å². The van der Waals surface area contributed by atoms with E-state index in [4.69, 9.17) is 0 Å². The summed E-state index contributed by atoms with van der Waals surface area (Å²) in [5.74, 6) is 0.304. The fraction of sp³-hybridized carbons (Fsp3) is 0.562. The van der Waals surface area contributed by atoms with Crippen LogP contribution in [0.4, 0.5) is 5.69 Å². The van der Waals surface area contributed by atoms with Gasteiger partial charge in [0, 0.05) is 37.0 Å². The molecule has 1 aromatic rings. The molecule has 1 fully saturated rings. The number of hydrogen-bond acceptors (Lipinski definition) is 4. The Balaban J connectivity index is 1.99. The molecule has 0 aromatic heterocycles. The molecule has 1 aliphatic rings. The van der Waals surface area contributed by atoms with Crippen LogP contribution < -0.4 is 10.2 Å². The van der Waals surface area contributed by atoms with Crippen LogP contribution in [0, 0.1) is 0 Å². The molecule has 2 rings (SSSR count). The molecule has 2 atom stereocenters. The summed E-state index contributed by atoms with van der Waals surface area (Å²) in [7, 11) is -2.98. The molecule has 1 N–H and O–H groups in total. The van der Waals surface area contributed by atoms with Crippen molar-refractivity contribution < 1.29 is 13.2 Å². The second kappa shape index (κ2) is 6.79. The van der Waals surface area contributed by atoms with Crippen LogP contribution >= 0.6 is 0 Å². The van der Waals surface area contributed by atoms with Crippen LogP contribution in [0.3, 0.4) is 0 Å². The van der Waals surface area contributed by atoms with Crippen molar-refractivity contribution in [2.75, 3.05) is 23.5 Å². The Morgan fingerprint density at radius 2 is 1.86 bits per heavy atom. The van der Waals surface area contributed by atoms with E-state index in [2.05, 4.69) is 5.32 Å². The van der Waals surface area contributed by atoms with Gasteiger partial charge in [-0.2, -0.15) is 0 Å². The molecule has 22 heavy (non-hydrogen) atoms. The third-order valence-corrected chi connectivity index (χ3v) is 4.97. The molecule has 1 aliphatic heterocycles. The molecule has 0 aliphatic carbocycles. The fourth-order valence-corrected chi connectivity index (χ4v) is 3.89. The van der Waals surface area contributed by atoms with Gasteiger partial charge < -0.3 is 10.2 Å². The second-order valence-corrected chi connectivity index (χ2v) is 8.31. The summed E-state index contributed by atoms with van der Waals surface area (Å²) < 4.78 is 22.6. The highest BCUT2D eigenvalue weighted by atomic mass is 32.2. The van der Waals surface area contributed by atoms with Crippen molar-refractivity contribution in [1.29, 1.82) is 0 Å². The van der Waals surface area contributed by atoms with E-state index in [1.165, 1.54) is 6.26 Å². The summed E-state index contributed by atoms with van der Waals surface area (Å²) in [5.41, 5.74) is 2.01. The van der Waals surface area contributed by atoms with E-state index in [9.17, 15) is 13.2 Å². The smallest absolute Gasteiger partial charge is 0.227 e. The van der Waals surface area contributed by atoms with Gasteiger partial charge in [0.25, 0.3) is 0 Å². The van der Waals surface area contributed by atoms with Crippen LogP contribution in [0.5, 0.6) is 0 Å². The van der Waals surface area contributed by atoms with Crippen molar-refractivity contribution in [3.63, 3.8) is 0 Å².